The predicted molar refractivity (Wildman–Crippen MR) is 114 cm³/mol. The lowest BCUT2D eigenvalue weighted by molar-refractivity contribution is -0.118. The number of amides is 3. The highest BCUT2D eigenvalue weighted by molar-refractivity contribution is 6.30. The molecule has 0 saturated heterocycles. The minimum Gasteiger partial charge on any atom is -0.484 e. The van der Waals surface area contributed by atoms with Crippen molar-refractivity contribution in [1.82, 2.24) is 5.32 Å². The Bertz CT molecular complexity index is 1040. The second-order valence-corrected chi connectivity index (χ2v) is 8.70. The van der Waals surface area contributed by atoms with Crippen molar-refractivity contribution in [3.63, 3.8) is 0 Å². The maximum absolute atomic E-state index is 14.5. The summed E-state index contributed by atoms with van der Waals surface area (Å²) in [6, 6.07) is 7.76. The minimum absolute atomic E-state index is 0.0256. The van der Waals surface area contributed by atoms with Crippen LogP contribution in [-0.4, -0.2) is 24.6 Å². The van der Waals surface area contributed by atoms with Crippen molar-refractivity contribution in [3.05, 3.63) is 52.3 Å². The first-order chi connectivity index (χ1) is 14.1. The number of hydrogen-bond donors (Lipinski definition) is 2. The van der Waals surface area contributed by atoms with E-state index in [2.05, 4.69) is 10.6 Å². The summed E-state index contributed by atoms with van der Waals surface area (Å²) in [5, 5.41) is 5.69. The van der Waals surface area contributed by atoms with E-state index in [4.69, 9.17) is 16.3 Å². The topological polar surface area (TPSA) is 70.7 Å². The molecule has 158 valence electrons. The number of urea groups is 1. The van der Waals surface area contributed by atoms with E-state index in [9.17, 15) is 14.0 Å². The van der Waals surface area contributed by atoms with Crippen molar-refractivity contribution < 1.29 is 18.7 Å². The smallest absolute Gasteiger partial charge is 0.319 e. The average molecular weight is 432 g/mol. The number of halogens is 2. The summed E-state index contributed by atoms with van der Waals surface area (Å²) in [5.41, 5.74) is 2.29. The van der Waals surface area contributed by atoms with Crippen LogP contribution < -0.4 is 20.3 Å². The molecule has 30 heavy (non-hydrogen) atoms. The van der Waals surface area contributed by atoms with Crippen molar-refractivity contribution in [1.29, 1.82) is 0 Å². The second kappa shape index (κ2) is 7.47. The summed E-state index contributed by atoms with van der Waals surface area (Å²) >= 11 is 5.90. The van der Waals surface area contributed by atoms with Crippen molar-refractivity contribution in [3.8, 4) is 5.75 Å². The van der Waals surface area contributed by atoms with Gasteiger partial charge in [0, 0.05) is 36.8 Å². The fourth-order valence-electron chi connectivity index (χ4n) is 4.01. The van der Waals surface area contributed by atoms with Gasteiger partial charge in [0.25, 0.3) is 0 Å². The molecule has 0 saturated carbocycles. The molecule has 4 rings (SSSR count). The summed E-state index contributed by atoms with van der Waals surface area (Å²) in [5.74, 6) is -0.514. The quantitative estimate of drug-likeness (QED) is 0.716. The van der Waals surface area contributed by atoms with Crippen molar-refractivity contribution >= 4 is 34.9 Å². The molecule has 2 aromatic rings. The summed E-state index contributed by atoms with van der Waals surface area (Å²) < 4.78 is 20.3. The predicted octanol–water partition coefficient (Wildman–Crippen LogP) is 4.81. The van der Waals surface area contributed by atoms with Crippen LogP contribution in [0.1, 0.15) is 43.9 Å². The molecule has 2 aliphatic heterocycles. The number of rotatable bonds is 2. The van der Waals surface area contributed by atoms with Gasteiger partial charge in [-0.25, -0.2) is 9.18 Å². The van der Waals surface area contributed by atoms with E-state index in [0.29, 0.717) is 30.5 Å². The van der Waals surface area contributed by atoms with Crippen LogP contribution in [0.2, 0.25) is 5.02 Å². The number of aryl methyl sites for hydroxylation is 1. The van der Waals surface area contributed by atoms with E-state index in [1.54, 1.807) is 24.1 Å². The molecule has 2 aliphatic rings. The van der Waals surface area contributed by atoms with Crippen LogP contribution in [-0.2, 0) is 11.2 Å². The molecule has 2 heterocycles. The highest BCUT2D eigenvalue weighted by Gasteiger charge is 2.37. The van der Waals surface area contributed by atoms with Gasteiger partial charge in [0.05, 0.1) is 11.1 Å². The van der Waals surface area contributed by atoms with Gasteiger partial charge in [-0.2, -0.15) is 0 Å². The van der Waals surface area contributed by atoms with E-state index in [1.165, 1.54) is 6.07 Å². The molecule has 0 spiro atoms. The Morgan fingerprint density at radius 3 is 2.80 bits per heavy atom. The van der Waals surface area contributed by atoms with Crippen LogP contribution in [0.25, 0.3) is 0 Å². The van der Waals surface area contributed by atoms with Crippen LogP contribution in [0.15, 0.2) is 30.3 Å². The number of benzene rings is 2. The zero-order valence-corrected chi connectivity index (χ0v) is 17.8. The number of nitrogens with zero attached hydrogens (tertiary/aromatic N) is 1. The van der Waals surface area contributed by atoms with Crippen molar-refractivity contribution in [2.75, 3.05) is 17.3 Å². The molecule has 2 aromatic carbocycles. The van der Waals surface area contributed by atoms with E-state index in [-0.39, 0.29) is 16.7 Å². The number of anilines is 2. The zero-order valence-electron chi connectivity index (χ0n) is 17.0. The highest BCUT2D eigenvalue weighted by atomic mass is 35.5. The van der Waals surface area contributed by atoms with Gasteiger partial charge in [-0.05, 0) is 44.0 Å². The molecule has 6 nitrogen and oxygen atoms in total. The maximum Gasteiger partial charge on any atom is 0.319 e. The monoisotopic (exact) mass is 431 g/mol. The van der Waals surface area contributed by atoms with Gasteiger partial charge >= 0.3 is 6.03 Å². The van der Waals surface area contributed by atoms with Crippen molar-refractivity contribution in [2.24, 2.45) is 0 Å². The Hall–Kier alpha value is -2.80. The molecule has 8 heteroatoms. The molecule has 2 N–H and O–H groups in total. The first-order valence-electron chi connectivity index (χ1n) is 9.78. The van der Waals surface area contributed by atoms with E-state index >= 15 is 0 Å². The van der Waals surface area contributed by atoms with Gasteiger partial charge in [-0.3, -0.25) is 4.79 Å². The molecule has 0 aliphatic carbocycles. The third kappa shape index (κ3) is 3.81. The summed E-state index contributed by atoms with van der Waals surface area (Å²) in [4.78, 5) is 26.3. The van der Waals surface area contributed by atoms with E-state index in [1.807, 2.05) is 26.0 Å². The fourth-order valence-corrected chi connectivity index (χ4v) is 4.16. The minimum atomic E-state index is -0.675. The molecular formula is C22H23ClFN3O3. The Balaban J connectivity index is 1.54. The third-order valence-electron chi connectivity index (χ3n) is 5.52. The van der Waals surface area contributed by atoms with Crippen LogP contribution in [0.3, 0.4) is 0 Å². The van der Waals surface area contributed by atoms with Gasteiger partial charge in [-0.1, -0.05) is 23.7 Å². The molecule has 0 bridgehead atoms. The lowest BCUT2D eigenvalue weighted by Gasteiger charge is -2.38. The van der Waals surface area contributed by atoms with Gasteiger partial charge in [-0.15, -0.1) is 0 Å². The third-order valence-corrected chi connectivity index (χ3v) is 5.81. The van der Waals surface area contributed by atoms with Crippen LogP contribution in [0.5, 0.6) is 5.75 Å². The second-order valence-electron chi connectivity index (χ2n) is 8.29. The average Bonchev–Trinajstić information content (AvgIpc) is 2.67. The normalized spacial score (nSPS) is 19.4. The number of carbonyl (C=O) groups is 2. The summed E-state index contributed by atoms with van der Waals surface area (Å²) in [6.07, 6.45) is 1.64. The van der Waals surface area contributed by atoms with Gasteiger partial charge in [0.1, 0.15) is 5.60 Å². The van der Waals surface area contributed by atoms with Crippen LogP contribution in [0, 0.1) is 5.82 Å². The SMILES string of the molecule is CN1C(=O)CCc2ccc(NC(=O)N[C@@H]3CC(C)(C)Oc4c3ccc(Cl)c4F)cc21. The highest BCUT2D eigenvalue weighted by Crippen LogP contribution is 2.43. The van der Waals surface area contributed by atoms with Crippen molar-refractivity contribution in [2.45, 2.75) is 44.8 Å². The first kappa shape index (κ1) is 20.5. The van der Waals surface area contributed by atoms with Gasteiger partial charge < -0.3 is 20.3 Å². The fraction of sp³-hybridized carbons (Fsp3) is 0.364. The molecule has 3 amide bonds. The Kier molecular flexibility index (Phi) is 5.10. The number of carbonyl (C=O) groups excluding carboxylic acids is 2. The standard InChI is InChI=1S/C22H23ClFN3O3/c1-22(2)11-16(14-7-8-15(23)19(24)20(14)30-22)26-21(29)25-13-6-4-12-5-9-18(28)27(3)17(12)10-13/h4,6-8,10,16H,5,9,11H2,1-3H3,(H2,25,26,29)/t16-/m1/s1. The van der Waals surface area contributed by atoms with E-state index in [0.717, 1.165) is 11.3 Å². The number of ether oxygens (including phenoxy) is 1. The van der Waals surface area contributed by atoms with Crippen LogP contribution >= 0.6 is 11.6 Å². The number of hydrogen-bond acceptors (Lipinski definition) is 3. The Labute approximate surface area is 179 Å². The Morgan fingerprint density at radius 2 is 2.03 bits per heavy atom. The molecule has 0 fully saturated rings. The molecular weight excluding hydrogens is 409 g/mol. The van der Waals surface area contributed by atoms with E-state index < -0.39 is 23.5 Å². The zero-order chi connectivity index (χ0) is 21.6. The van der Waals surface area contributed by atoms with Gasteiger partial charge in [0.2, 0.25) is 5.91 Å². The molecule has 0 unspecified atom stereocenters. The van der Waals surface area contributed by atoms with Crippen LogP contribution in [0.4, 0.5) is 20.6 Å². The molecule has 0 aromatic heterocycles. The summed E-state index contributed by atoms with van der Waals surface area (Å²) in [6.45, 7) is 3.67. The number of fused-ring (bicyclic) bond motifs is 2. The largest absolute Gasteiger partial charge is 0.484 e. The number of nitrogens with one attached hydrogen (secondary N) is 2. The van der Waals surface area contributed by atoms with Gasteiger partial charge in [0.15, 0.2) is 11.6 Å². The first-order valence-corrected chi connectivity index (χ1v) is 10.2. The Morgan fingerprint density at radius 1 is 1.27 bits per heavy atom. The lowest BCUT2D eigenvalue weighted by atomic mass is 9.89. The molecule has 0 radical (unpaired) electrons. The summed E-state index contributed by atoms with van der Waals surface area (Å²) in [7, 11) is 1.73. The molecule has 1 atom stereocenters. The maximum atomic E-state index is 14.5. The lowest BCUT2D eigenvalue weighted by Crippen LogP contribution is -2.42.